The molecule has 3 aromatic rings. The monoisotopic (exact) mass is 504 g/mol. The number of aromatic amines is 1. The lowest BCUT2D eigenvalue weighted by Crippen LogP contribution is -2.55. The molecule has 0 spiro atoms. The number of tetrazole rings is 1. The molecule has 34 heavy (non-hydrogen) atoms. The highest BCUT2D eigenvalue weighted by Crippen LogP contribution is 2.34. The highest BCUT2D eigenvalue weighted by Gasteiger charge is 2.33. The molecule has 0 saturated carbocycles. The number of aryl methyl sites for hydroxylation is 3. The minimum absolute atomic E-state index is 0.179. The molecule has 1 saturated heterocycles. The Labute approximate surface area is 205 Å². The number of amides is 1. The predicted octanol–water partition coefficient (Wildman–Crippen LogP) is 1.98. The number of carbonyl (C=O) groups is 1. The maximum atomic E-state index is 12.7. The molecule has 3 aromatic heterocycles. The molecular formula is C20H25ClN10O2S. The Bertz CT molecular complexity index is 1200. The van der Waals surface area contributed by atoms with Crippen LogP contribution in [0.25, 0.3) is 10.7 Å². The van der Waals surface area contributed by atoms with Gasteiger partial charge in [0.25, 0.3) is 5.91 Å². The van der Waals surface area contributed by atoms with Crippen molar-refractivity contribution in [3.63, 3.8) is 0 Å². The molecule has 14 heteroatoms. The van der Waals surface area contributed by atoms with Crippen LogP contribution in [0.1, 0.15) is 41.8 Å². The fourth-order valence-electron chi connectivity index (χ4n) is 3.86. The summed E-state index contributed by atoms with van der Waals surface area (Å²) in [5, 5.41) is 24.9. The van der Waals surface area contributed by atoms with Crippen LogP contribution in [0.5, 0.6) is 0 Å². The van der Waals surface area contributed by atoms with Crippen LogP contribution >= 0.6 is 22.9 Å². The Morgan fingerprint density at radius 2 is 2.26 bits per heavy atom. The van der Waals surface area contributed by atoms with Crippen molar-refractivity contribution in [2.75, 3.05) is 25.1 Å². The number of halogens is 1. The third-order valence-corrected chi connectivity index (χ3v) is 7.23. The number of ether oxygens (including phenoxy) is 1. The van der Waals surface area contributed by atoms with E-state index in [1.165, 1.54) is 11.3 Å². The van der Waals surface area contributed by atoms with Crippen LogP contribution in [0, 0.1) is 18.3 Å². The number of rotatable bonds is 8. The van der Waals surface area contributed by atoms with Crippen molar-refractivity contribution in [1.82, 2.24) is 40.5 Å². The summed E-state index contributed by atoms with van der Waals surface area (Å²) >= 11 is 7.57. The van der Waals surface area contributed by atoms with Gasteiger partial charge in [-0.3, -0.25) is 4.79 Å². The first-order chi connectivity index (χ1) is 16.4. The first kappa shape index (κ1) is 24.1. The number of methoxy groups -OCH3 is 1. The molecule has 1 amide bonds. The number of hydrogen-bond donors (Lipinski definition) is 2. The van der Waals surface area contributed by atoms with Crippen LogP contribution in [-0.4, -0.2) is 73.4 Å². The number of piperidine rings is 1. The number of hydrogen-bond acceptors (Lipinski definition) is 10. The highest BCUT2D eigenvalue weighted by atomic mass is 35.5. The lowest BCUT2D eigenvalue weighted by atomic mass is 10.0. The molecule has 180 valence electrons. The van der Waals surface area contributed by atoms with Crippen molar-refractivity contribution < 1.29 is 9.53 Å². The number of nitrogens with zero attached hydrogens (tertiary/aromatic N) is 8. The average Bonchev–Trinajstić information content (AvgIpc) is 3.55. The van der Waals surface area contributed by atoms with Crippen molar-refractivity contribution in [3.8, 4) is 16.8 Å². The number of thiazole rings is 1. The topological polar surface area (TPSA) is 151 Å². The van der Waals surface area contributed by atoms with Gasteiger partial charge in [0.05, 0.1) is 47.4 Å². The second kappa shape index (κ2) is 10.5. The average molecular weight is 505 g/mol. The Hall–Kier alpha value is -3.08. The SMILES string of the molecule is CCc1[nH]c(C(=O)NC2CCN(c3nc(C)c(-c4nnnn4CCC#N)s3)CC2OC)nc1Cl. The molecule has 1 aliphatic heterocycles. The van der Waals surface area contributed by atoms with Crippen LogP contribution < -0.4 is 10.2 Å². The molecule has 0 bridgehead atoms. The number of aromatic nitrogens is 7. The van der Waals surface area contributed by atoms with Gasteiger partial charge >= 0.3 is 0 Å². The summed E-state index contributed by atoms with van der Waals surface area (Å²) in [7, 11) is 1.63. The summed E-state index contributed by atoms with van der Waals surface area (Å²) in [6, 6.07) is 1.93. The first-order valence-electron chi connectivity index (χ1n) is 10.9. The maximum Gasteiger partial charge on any atom is 0.287 e. The summed E-state index contributed by atoms with van der Waals surface area (Å²) in [6.07, 6.45) is 1.43. The van der Waals surface area contributed by atoms with Gasteiger partial charge in [-0.2, -0.15) is 5.26 Å². The number of carbonyl (C=O) groups excluding carboxylic acids is 1. The molecule has 12 nitrogen and oxygen atoms in total. The van der Waals surface area contributed by atoms with Gasteiger partial charge in [-0.05, 0) is 30.2 Å². The molecule has 1 aliphatic rings. The number of anilines is 1. The van der Waals surface area contributed by atoms with Gasteiger partial charge in [-0.1, -0.05) is 29.9 Å². The van der Waals surface area contributed by atoms with Crippen LogP contribution in [0.3, 0.4) is 0 Å². The van der Waals surface area contributed by atoms with Gasteiger partial charge in [0.15, 0.2) is 21.9 Å². The molecule has 1 fully saturated rings. The quantitative estimate of drug-likeness (QED) is 0.469. The van der Waals surface area contributed by atoms with Gasteiger partial charge in [0, 0.05) is 20.2 Å². The van der Waals surface area contributed by atoms with Crippen molar-refractivity contribution in [2.24, 2.45) is 0 Å². The Balaban J connectivity index is 1.45. The van der Waals surface area contributed by atoms with Crippen LogP contribution in [0.4, 0.5) is 5.13 Å². The van der Waals surface area contributed by atoms with E-state index in [4.69, 9.17) is 26.6 Å². The summed E-state index contributed by atoms with van der Waals surface area (Å²) in [5.74, 6) is 0.498. The molecule has 2 atom stereocenters. The predicted molar refractivity (Wildman–Crippen MR) is 126 cm³/mol. The lowest BCUT2D eigenvalue weighted by Gasteiger charge is -2.37. The van der Waals surface area contributed by atoms with E-state index in [1.807, 2.05) is 13.8 Å². The first-order valence-corrected chi connectivity index (χ1v) is 12.1. The Morgan fingerprint density at radius 3 is 2.97 bits per heavy atom. The fourth-order valence-corrected chi connectivity index (χ4v) is 5.22. The fraction of sp³-hybridized carbons (Fsp3) is 0.550. The standard InChI is InChI=1S/C20H25ClN10O2S/c1-4-12-16(21)26-17(24-12)19(32)25-13-6-9-30(10-14(13)33-3)20-23-11(2)15(34-20)18-27-28-29-31(18)8-5-7-22/h13-14H,4-6,8-10H2,1-3H3,(H,24,26)(H,25,32). The minimum atomic E-state index is -0.307. The largest absolute Gasteiger partial charge is 0.377 e. The molecule has 0 radical (unpaired) electrons. The van der Waals surface area contributed by atoms with Crippen LogP contribution in [0.2, 0.25) is 5.15 Å². The molecule has 2 unspecified atom stereocenters. The van der Waals surface area contributed by atoms with E-state index in [0.29, 0.717) is 49.9 Å². The maximum absolute atomic E-state index is 12.7. The van der Waals surface area contributed by atoms with E-state index in [2.05, 4.69) is 41.8 Å². The van der Waals surface area contributed by atoms with Crippen molar-refractivity contribution >= 4 is 34.0 Å². The smallest absolute Gasteiger partial charge is 0.287 e. The van der Waals surface area contributed by atoms with Gasteiger partial charge in [-0.25, -0.2) is 14.6 Å². The van der Waals surface area contributed by atoms with Crippen molar-refractivity contribution in [3.05, 3.63) is 22.4 Å². The normalized spacial score (nSPS) is 18.1. The second-order valence-electron chi connectivity index (χ2n) is 7.84. The van der Waals surface area contributed by atoms with Gasteiger partial charge < -0.3 is 19.9 Å². The van der Waals surface area contributed by atoms with E-state index in [0.717, 1.165) is 21.4 Å². The molecule has 0 aliphatic carbocycles. The van der Waals surface area contributed by atoms with E-state index >= 15 is 0 Å². The minimum Gasteiger partial charge on any atom is -0.377 e. The summed E-state index contributed by atoms with van der Waals surface area (Å²) < 4.78 is 7.33. The van der Waals surface area contributed by atoms with Crippen LogP contribution in [0.15, 0.2) is 0 Å². The van der Waals surface area contributed by atoms with Crippen LogP contribution in [-0.2, 0) is 17.7 Å². The van der Waals surface area contributed by atoms with E-state index in [9.17, 15) is 4.79 Å². The van der Waals surface area contributed by atoms with Crippen molar-refractivity contribution in [2.45, 2.75) is 51.8 Å². The van der Waals surface area contributed by atoms with Crippen molar-refractivity contribution in [1.29, 1.82) is 5.26 Å². The molecule has 0 aromatic carbocycles. The third-order valence-electron chi connectivity index (χ3n) is 5.70. The number of nitrogens with one attached hydrogen (secondary N) is 2. The molecular weight excluding hydrogens is 480 g/mol. The second-order valence-corrected chi connectivity index (χ2v) is 9.18. The van der Waals surface area contributed by atoms with E-state index < -0.39 is 0 Å². The molecule has 2 N–H and O–H groups in total. The Morgan fingerprint density at radius 1 is 1.44 bits per heavy atom. The lowest BCUT2D eigenvalue weighted by molar-refractivity contribution is 0.0538. The zero-order valence-electron chi connectivity index (χ0n) is 19.1. The summed E-state index contributed by atoms with van der Waals surface area (Å²) in [5.41, 5.74) is 1.55. The molecule has 4 rings (SSSR count). The number of nitriles is 1. The van der Waals surface area contributed by atoms with Gasteiger partial charge in [0.2, 0.25) is 0 Å². The summed E-state index contributed by atoms with van der Waals surface area (Å²) in [4.78, 5) is 27.5. The number of imidazole rings is 1. The van der Waals surface area contributed by atoms with Gasteiger partial charge in [-0.15, -0.1) is 5.10 Å². The summed E-state index contributed by atoms with van der Waals surface area (Å²) in [6.45, 7) is 5.53. The highest BCUT2D eigenvalue weighted by molar-refractivity contribution is 7.19. The van der Waals surface area contributed by atoms with Gasteiger partial charge in [0.1, 0.15) is 0 Å². The van der Waals surface area contributed by atoms with E-state index in [1.54, 1.807) is 11.8 Å². The third kappa shape index (κ3) is 4.89. The number of H-pyrrole nitrogens is 1. The Kier molecular flexibility index (Phi) is 7.40. The zero-order chi connectivity index (χ0) is 24.2. The van der Waals surface area contributed by atoms with E-state index in [-0.39, 0.29) is 23.9 Å². The molecule has 4 heterocycles. The zero-order valence-corrected chi connectivity index (χ0v) is 20.7.